The van der Waals surface area contributed by atoms with Gasteiger partial charge in [-0.25, -0.2) is 4.79 Å². The molecule has 3 rings (SSSR count). The molecule has 134 valence electrons. The lowest BCUT2D eigenvalue weighted by atomic mass is 10.2. The second-order valence-corrected chi connectivity index (χ2v) is 5.22. The molecule has 0 saturated heterocycles. The SMILES string of the molecule is COc1ccc(NC(=O)NCc2nnnn2-c2ccccc2)c(OC)c1. The summed E-state index contributed by atoms with van der Waals surface area (Å²) >= 11 is 0. The average molecular weight is 354 g/mol. The predicted octanol–water partition coefficient (Wildman–Crippen LogP) is 2.00. The Kier molecular flexibility index (Phi) is 5.28. The van der Waals surface area contributed by atoms with Crippen LogP contribution in [0, 0.1) is 0 Å². The van der Waals surface area contributed by atoms with Gasteiger partial charge in [0, 0.05) is 6.07 Å². The van der Waals surface area contributed by atoms with E-state index < -0.39 is 6.03 Å². The summed E-state index contributed by atoms with van der Waals surface area (Å²) in [5.41, 5.74) is 1.33. The van der Waals surface area contributed by atoms with E-state index in [1.54, 1.807) is 30.0 Å². The largest absolute Gasteiger partial charge is 0.497 e. The van der Waals surface area contributed by atoms with Crippen LogP contribution in [0.15, 0.2) is 48.5 Å². The number of anilines is 1. The number of urea groups is 1. The Balaban J connectivity index is 1.65. The van der Waals surface area contributed by atoms with Gasteiger partial charge >= 0.3 is 6.03 Å². The van der Waals surface area contributed by atoms with E-state index in [9.17, 15) is 4.79 Å². The van der Waals surface area contributed by atoms with Crippen molar-refractivity contribution < 1.29 is 14.3 Å². The summed E-state index contributed by atoms with van der Waals surface area (Å²) in [7, 11) is 3.08. The Morgan fingerprint density at radius 1 is 1.12 bits per heavy atom. The van der Waals surface area contributed by atoms with Crippen molar-refractivity contribution in [3.05, 3.63) is 54.4 Å². The zero-order valence-electron chi connectivity index (χ0n) is 14.3. The number of aromatic nitrogens is 4. The molecule has 3 aromatic rings. The second-order valence-electron chi connectivity index (χ2n) is 5.22. The van der Waals surface area contributed by atoms with Crippen molar-refractivity contribution in [1.82, 2.24) is 25.5 Å². The monoisotopic (exact) mass is 354 g/mol. The molecule has 2 aromatic carbocycles. The van der Waals surface area contributed by atoms with Gasteiger partial charge in [-0.05, 0) is 34.7 Å². The van der Waals surface area contributed by atoms with Gasteiger partial charge in [0.1, 0.15) is 11.5 Å². The van der Waals surface area contributed by atoms with Crippen molar-refractivity contribution in [3.63, 3.8) is 0 Å². The van der Waals surface area contributed by atoms with Gasteiger partial charge in [0.05, 0.1) is 32.1 Å². The summed E-state index contributed by atoms with van der Waals surface area (Å²) in [6.07, 6.45) is 0. The van der Waals surface area contributed by atoms with Crippen LogP contribution < -0.4 is 20.1 Å². The van der Waals surface area contributed by atoms with E-state index in [1.165, 1.54) is 7.11 Å². The Bertz CT molecular complexity index is 881. The number of carbonyl (C=O) groups excluding carboxylic acids is 1. The molecular weight excluding hydrogens is 336 g/mol. The van der Waals surface area contributed by atoms with Crippen molar-refractivity contribution in [3.8, 4) is 17.2 Å². The topological polar surface area (TPSA) is 103 Å². The summed E-state index contributed by atoms with van der Waals surface area (Å²) in [6, 6.07) is 14.1. The molecule has 0 saturated carbocycles. The van der Waals surface area contributed by atoms with E-state index in [0.29, 0.717) is 23.0 Å². The number of carbonyl (C=O) groups is 1. The number of ether oxygens (including phenoxy) is 2. The molecule has 0 unspecified atom stereocenters. The number of amides is 2. The summed E-state index contributed by atoms with van der Waals surface area (Å²) in [5, 5.41) is 17.0. The smallest absolute Gasteiger partial charge is 0.319 e. The van der Waals surface area contributed by atoms with Crippen LogP contribution in [0.5, 0.6) is 11.5 Å². The summed E-state index contributed by atoms with van der Waals surface area (Å²) < 4.78 is 12.0. The van der Waals surface area contributed by atoms with Crippen molar-refractivity contribution in [1.29, 1.82) is 0 Å². The molecule has 0 aliphatic rings. The summed E-state index contributed by atoms with van der Waals surface area (Å²) in [4.78, 5) is 12.2. The molecular formula is C17H18N6O3. The fourth-order valence-corrected chi connectivity index (χ4v) is 2.31. The van der Waals surface area contributed by atoms with Crippen LogP contribution in [-0.4, -0.2) is 40.5 Å². The van der Waals surface area contributed by atoms with Crippen LogP contribution in [0.3, 0.4) is 0 Å². The number of benzene rings is 2. The lowest BCUT2D eigenvalue weighted by molar-refractivity contribution is 0.251. The lowest BCUT2D eigenvalue weighted by Crippen LogP contribution is -2.29. The molecule has 9 nitrogen and oxygen atoms in total. The molecule has 1 heterocycles. The molecule has 0 aliphatic heterocycles. The summed E-state index contributed by atoms with van der Waals surface area (Å²) in [6.45, 7) is 0.159. The van der Waals surface area contributed by atoms with E-state index in [-0.39, 0.29) is 6.54 Å². The third kappa shape index (κ3) is 3.89. The van der Waals surface area contributed by atoms with Gasteiger partial charge in [-0.3, -0.25) is 0 Å². The first-order valence-electron chi connectivity index (χ1n) is 7.81. The van der Waals surface area contributed by atoms with Gasteiger partial charge in [0.15, 0.2) is 5.82 Å². The van der Waals surface area contributed by atoms with Crippen LogP contribution >= 0.6 is 0 Å². The maximum Gasteiger partial charge on any atom is 0.319 e. The molecule has 0 spiro atoms. The van der Waals surface area contributed by atoms with Crippen LogP contribution in [0.1, 0.15) is 5.82 Å². The number of nitrogens with zero attached hydrogens (tertiary/aromatic N) is 4. The highest BCUT2D eigenvalue weighted by Crippen LogP contribution is 2.28. The maximum absolute atomic E-state index is 12.2. The molecule has 0 bridgehead atoms. The fraction of sp³-hybridized carbons (Fsp3) is 0.176. The van der Waals surface area contributed by atoms with Gasteiger partial charge in [0.25, 0.3) is 0 Å². The number of para-hydroxylation sites is 1. The van der Waals surface area contributed by atoms with Crippen molar-refractivity contribution in [2.75, 3.05) is 19.5 Å². The number of tetrazole rings is 1. The first-order chi connectivity index (χ1) is 12.7. The molecule has 2 N–H and O–H groups in total. The van der Waals surface area contributed by atoms with E-state index >= 15 is 0 Å². The number of hydrogen-bond acceptors (Lipinski definition) is 6. The molecule has 2 amide bonds. The molecule has 0 atom stereocenters. The van der Waals surface area contributed by atoms with Gasteiger partial charge in [-0.15, -0.1) is 5.10 Å². The van der Waals surface area contributed by atoms with Crippen LogP contribution in [0.4, 0.5) is 10.5 Å². The van der Waals surface area contributed by atoms with Crippen molar-refractivity contribution in [2.24, 2.45) is 0 Å². The highest BCUT2D eigenvalue weighted by atomic mass is 16.5. The van der Waals surface area contributed by atoms with Crippen molar-refractivity contribution >= 4 is 11.7 Å². The number of rotatable bonds is 6. The van der Waals surface area contributed by atoms with E-state index in [1.807, 2.05) is 30.3 Å². The zero-order chi connectivity index (χ0) is 18.4. The average Bonchev–Trinajstić information content (AvgIpc) is 3.16. The van der Waals surface area contributed by atoms with E-state index in [2.05, 4.69) is 26.2 Å². The highest BCUT2D eigenvalue weighted by molar-refractivity contribution is 5.91. The minimum absolute atomic E-state index is 0.159. The second kappa shape index (κ2) is 7.97. The van der Waals surface area contributed by atoms with Gasteiger partial charge in [0.2, 0.25) is 0 Å². The van der Waals surface area contributed by atoms with E-state index in [4.69, 9.17) is 9.47 Å². The van der Waals surface area contributed by atoms with E-state index in [0.717, 1.165) is 5.69 Å². The standard InChI is InChI=1S/C17H18N6O3/c1-25-13-8-9-14(15(10-13)26-2)19-17(24)18-11-16-20-21-22-23(16)12-6-4-3-5-7-12/h3-10H,11H2,1-2H3,(H2,18,19,24). The van der Waals surface area contributed by atoms with Gasteiger partial charge in [-0.1, -0.05) is 18.2 Å². The van der Waals surface area contributed by atoms with Crippen LogP contribution in [0.2, 0.25) is 0 Å². The molecule has 26 heavy (non-hydrogen) atoms. The Morgan fingerprint density at radius 3 is 2.65 bits per heavy atom. The quantitative estimate of drug-likeness (QED) is 0.702. The summed E-state index contributed by atoms with van der Waals surface area (Å²) in [5.74, 6) is 1.64. The molecule has 0 radical (unpaired) electrons. The minimum Gasteiger partial charge on any atom is -0.497 e. The van der Waals surface area contributed by atoms with Crippen LogP contribution in [0.25, 0.3) is 5.69 Å². The predicted molar refractivity (Wildman–Crippen MR) is 94.6 cm³/mol. The van der Waals surface area contributed by atoms with Gasteiger partial charge < -0.3 is 20.1 Å². The molecule has 0 fully saturated rings. The molecule has 1 aromatic heterocycles. The number of methoxy groups -OCH3 is 2. The first kappa shape index (κ1) is 17.2. The maximum atomic E-state index is 12.2. The fourth-order valence-electron chi connectivity index (χ4n) is 2.31. The molecule has 9 heteroatoms. The number of nitrogens with one attached hydrogen (secondary N) is 2. The molecule has 0 aliphatic carbocycles. The zero-order valence-corrected chi connectivity index (χ0v) is 14.3. The van der Waals surface area contributed by atoms with Crippen molar-refractivity contribution in [2.45, 2.75) is 6.54 Å². The first-order valence-corrected chi connectivity index (χ1v) is 7.81. The third-order valence-electron chi connectivity index (χ3n) is 3.60. The Morgan fingerprint density at radius 2 is 1.92 bits per heavy atom. The lowest BCUT2D eigenvalue weighted by Gasteiger charge is -2.12. The minimum atomic E-state index is -0.406. The van der Waals surface area contributed by atoms with Crippen LogP contribution in [-0.2, 0) is 6.54 Å². The highest BCUT2D eigenvalue weighted by Gasteiger charge is 2.12. The Hall–Kier alpha value is -3.62. The normalized spacial score (nSPS) is 10.2. The number of hydrogen-bond donors (Lipinski definition) is 2. The Labute approximate surface area is 149 Å². The third-order valence-corrected chi connectivity index (χ3v) is 3.60. The van der Waals surface area contributed by atoms with Gasteiger partial charge in [-0.2, -0.15) is 4.68 Å².